The van der Waals surface area contributed by atoms with Crippen LogP contribution >= 0.6 is 0 Å². The van der Waals surface area contributed by atoms with Crippen LogP contribution in [-0.2, 0) is 0 Å². The summed E-state index contributed by atoms with van der Waals surface area (Å²) in [5.74, 6) is 0.447. The highest BCUT2D eigenvalue weighted by molar-refractivity contribution is 5.43. The van der Waals surface area contributed by atoms with E-state index in [-0.39, 0.29) is 0 Å². The van der Waals surface area contributed by atoms with Gasteiger partial charge in [0.25, 0.3) is 0 Å². The number of benzene rings is 1. The predicted molar refractivity (Wildman–Crippen MR) is 70.5 cm³/mol. The van der Waals surface area contributed by atoms with Gasteiger partial charge in [0.15, 0.2) is 0 Å². The number of aryl methyl sites for hydroxylation is 2. The predicted octanol–water partition coefficient (Wildman–Crippen LogP) is 4.50. The highest BCUT2D eigenvalue weighted by atomic mass is 14.2. The molecule has 1 aliphatic rings. The van der Waals surface area contributed by atoms with Crippen LogP contribution < -0.4 is 0 Å². The lowest BCUT2D eigenvalue weighted by Gasteiger charge is -2.19. The van der Waals surface area contributed by atoms with Gasteiger partial charge in [0, 0.05) is 5.92 Å². The van der Waals surface area contributed by atoms with Gasteiger partial charge in [-0.15, -0.1) is 0 Å². The molecule has 0 bridgehead atoms. The van der Waals surface area contributed by atoms with Crippen molar-refractivity contribution in [1.82, 2.24) is 0 Å². The average molecular weight is 211 g/mol. The molecule has 0 saturated carbocycles. The molecule has 0 fully saturated rings. The summed E-state index contributed by atoms with van der Waals surface area (Å²) in [5.41, 5.74) is 6.91. The number of hydrogen-bond donors (Lipinski definition) is 0. The standard InChI is InChI=1S/C16H19/c1-11-5-7-15(9-13(11)3)16-8-6-12(2)14(4)10-16/h5-10,15H,1-4H3. The molecule has 2 rings (SSSR count). The summed E-state index contributed by atoms with van der Waals surface area (Å²) in [7, 11) is 0. The summed E-state index contributed by atoms with van der Waals surface area (Å²) in [6.45, 7) is 8.69. The molecule has 1 radical (unpaired) electrons. The molecule has 0 N–H and O–H groups in total. The van der Waals surface area contributed by atoms with Crippen LogP contribution in [0, 0.1) is 20.3 Å². The van der Waals surface area contributed by atoms with Gasteiger partial charge < -0.3 is 0 Å². The van der Waals surface area contributed by atoms with Crippen molar-refractivity contribution in [2.75, 3.05) is 0 Å². The van der Waals surface area contributed by atoms with Crippen molar-refractivity contribution in [2.45, 2.75) is 33.6 Å². The Morgan fingerprint density at radius 3 is 2.25 bits per heavy atom. The number of hydrogen-bond acceptors (Lipinski definition) is 0. The largest absolute Gasteiger partial charge is 0.0761 e. The Morgan fingerprint density at radius 1 is 0.875 bits per heavy atom. The van der Waals surface area contributed by atoms with E-state index in [9.17, 15) is 0 Å². The Bertz CT molecular complexity index is 461. The van der Waals surface area contributed by atoms with Crippen molar-refractivity contribution in [3.63, 3.8) is 0 Å². The molecule has 0 spiro atoms. The van der Waals surface area contributed by atoms with E-state index in [0.717, 1.165) is 0 Å². The van der Waals surface area contributed by atoms with Gasteiger partial charge in [0.2, 0.25) is 0 Å². The smallest absolute Gasteiger partial charge is 0.00929 e. The minimum Gasteiger partial charge on any atom is -0.0761 e. The van der Waals surface area contributed by atoms with Crippen LogP contribution in [0.3, 0.4) is 0 Å². The van der Waals surface area contributed by atoms with Crippen molar-refractivity contribution in [3.8, 4) is 0 Å². The van der Waals surface area contributed by atoms with Crippen molar-refractivity contribution in [3.05, 3.63) is 64.6 Å². The Hall–Kier alpha value is -1.30. The third-order valence-corrected chi connectivity index (χ3v) is 3.52. The van der Waals surface area contributed by atoms with E-state index in [4.69, 9.17) is 0 Å². The molecule has 1 aromatic rings. The molecule has 0 aromatic heterocycles. The molecular weight excluding hydrogens is 192 g/mol. The van der Waals surface area contributed by atoms with E-state index in [1.165, 1.54) is 27.8 Å². The molecule has 1 unspecified atom stereocenters. The van der Waals surface area contributed by atoms with Crippen molar-refractivity contribution >= 4 is 0 Å². The van der Waals surface area contributed by atoms with Crippen molar-refractivity contribution in [2.24, 2.45) is 0 Å². The summed E-state index contributed by atoms with van der Waals surface area (Å²) in [5, 5.41) is 0. The summed E-state index contributed by atoms with van der Waals surface area (Å²) in [6.07, 6.45) is 6.86. The SMILES string of the molecule is CC1=C(C)C=CC(c2ccc(C)c(C)c2)[CH]1. The van der Waals surface area contributed by atoms with Crippen molar-refractivity contribution < 1.29 is 0 Å². The normalized spacial score (nSPS) is 20.4. The van der Waals surface area contributed by atoms with E-state index < -0.39 is 0 Å². The zero-order chi connectivity index (χ0) is 11.7. The molecule has 1 aliphatic carbocycles. The first-order valence-electron chi connectivity index (χ1n) is 5.85. The van der Waals surface area contributed by atoms with Gasteiger partial charge in [-0.05, 0) is 50.8 Å². The summed E-state index contributed by atoms with van der Waals surface area (Å²) in [6, 6.07) is 6.75. The number of allylic oxidation sites excluding steroid dienone is 4. The first-order valence-corrected chi connectivity index (χ1v) is 5.85. The van der Waals surface area contributed by atoms with Crippen LogP contribution in [-0.4, -0.2) is 0 Å². The Kier molecular flexibility index (Phi) is 3.00. The van der Waals surface area contributed by atoms with E-state index >= 15 is 0 Å². The van der Waals surface area contributed by atoms with Crippen LogP contribution in [0.2, 0.25) is 0 Å². The highest BCUT2D eigenvalue weighted by Gasteiger charge is 2.14. The molecule has 0 aliphatic heterocycles. The van der Waals surface area contributed by atoms with Crippen LogP contribution in [0.1, 0.15) is 36.5 Å². The van der Waals surface area contributed by atoms with Crippen LogP contribution in [0.5, 0.6) is 0 Å². The first kappa shape index (κ1) is 11.2. The lowest BCUT2D eigenvalue weighted by atomic mass is 9.85. The monoisotopic (exact) mass is 211 g/mol. The van der Waals surface area contributed by atoms with E-state index in [2.05, 4.69) is 64.5 Å². The van der Waals surface area contributed by atoms with Gasteiger partial charge in [-0.3, -0.25) is 0 Å². The minimum atomic E-state index is 0.447. The van der Waals surface area contributed by atoms with Gasteiger partial charge in [0.05, 0.1) is 0 Å². The van der Waals surface area contributed by atoms with Crippen LogP contribution in [0.25, 0.3) is 0 Å². The lowest BCUT2D eigenvalue weighted by Crippen LogP contribution is -2.03. The second-order valence-corrected chi connectivity index (χ2v) is 4.76. The zero-order valence-corrected chi connectivity index (χ0v) is 10.5. The van der Waals surface area contributed by atoms with Gasteiger partial charge in [0.1, 0.15) is 0 Å². The fourth-order valence-electron chi connectivity index (χ4n) is 2.02. The maximum atomic E-state index is 2.35. The zero-order valence-electron chi connectivity index (χ0n) is 10.5. The summed E-state index contributed by atoms with van der Waals surface area (Å²) >= 11 is 0. The lowest BCUT2D eigenvalue weighted by molar-refractivity contribution is 0.959. The number of rotatable bonds is 1. The maximum Gasteiger partial charge on any atom is 0.00929 e. The molecule has 0 heteroatoms. The molecule has 83 valence electrons. The fraction of sp³-hybridized carbons (Fsp3) is 0.312. The molecule has 16 heavy (non-hydrogen) atoms. The summed E-state index contributed by atoms with van der Waals surface area (Å²) in [4.78, 5) is 0. The molecule has 0 nitrogen and oxygen atoms in total. The first-order chi connectivity index (χ1) is 7.58. The highest BCUT2D eigenvalue weighted by Crippen LogP contribution is 2.30. The van der Waals surface area contributed by atoms with Crippen LogP contribution in [0.4, 0.5) is 0 Å². The maximum absolute atomic E-state index is 2.35. The molecule has 0 amide bonds. The van der Waals surface area contributed by atoms with E-state index in [1.807, 2.05) is 0 Å². The molecule has 1 atom stereocenters. The molecular formula is C16H19. The van der Waals surface area contributed by atoms with Crippen LogP contribution in [0.15, 0.2) is 41.5 Å². The third kappa shape index (κ3) is 2.11. The minimum absolute atomic E-state index is 0.447. The van der Waals surface area contributed by atoms with Gasteiger partial charge in [-0.25, -0.2) is 0 Å². The topological polar surface area (TPSA) is 0 Å². The Labute approximate surface area is 98.7 Å². The second kappa shape index (κ2) is 4.29. The second-order valence-electron chi connectivity index (χ2n) is 4.76. The van der Waals surface area contributed by atoms with Gasteiger partial charge >= 0.3 is 0 Å². The Balaban J connectivity index is 2.28. The molecule has 1 aromatic carbocycles. The molecule has 0 heterocycles. The van der Waals surface area contributed by atoms with E-state index in [1.54, 1.807) is 0 Å². The van der Waals surface area contributed by atoms with E-state index in [0.29, 0.717) is 5.92 Å². The van der Waals surface area contributed by atoms with Gasteiger partial charge in [-0.1, -0.05) is 41.5 Å². The van der Waals surface area contributed by atoms with Gasteiger partial charge in [-0.2, -0.15) is 0 Å². The Morgan fingerprint density at radius 2 is 1.62 bits per heavy atom. The fourth-order valence-corrected chi connectivity index (χ4v) is 2.02. The van der Waals surface area contributed by atoms with Crippen molar-refractivity contribution in [1.29, 1.82) is 0 Å². The summed E-state index contributed by atoms with van der Waals surface area (Å²) < 4.78 is 0. The quantitative estimate of drug-likeness (QED) is 0.641. The third-order valence-electron chi connectivity index (χ3n) is 3.52. The molecule has 0 saturated heterocycles. The average Bonchev–Trinajstić information content (AvgIpc) is 2.26.